The molecule has 0 radical (unpaired) electrons. The summed E-state index contributed by atoms with van der Waals surface area (Å²) in [5, 5.41) is 2.84. The largest absolute Gasteiger partial charge is 0.377 e. The Balaban J connectivity index is 1.78. The van der Waals surface area contributed by atoms with Crippen molar-refractivity contribution in [1.29, 1.82) is 0 Å². The highest BCUT2D eigenvalue weighted by atomic mass is 35.5. The topological polar surface area (TPSA) is 84.5 Å². The summed E-state index contributed by atoms with van der Waals surface area (Å²) in [6.07, 6.45) is 1.60. The molecule has 2 N–H and O–H groups in total. The van der Waals surface area contributed by atoms with Crippen LogP contribution in [0.1, 0.15) is 28.8 Å². The van der Waals surface area contributed by atoms with Crippen molar-refractivity contribution in [2.75, 3.05) is 18.5 Å². The molecule has 3 rings (SSSR count). The Labute approximate surface area is 163 Å². The number of nitrogens with one attached hydrogen (secondary N) is 2. The molecule has 27 heavy (non-hydrogen) atoms. The Hall–Kier alpha value is -1.93. The van der Waals surface area contributed by atoms with Crippen LogP contribution < -0.4 is 10.0 Å². The van der Waals surface area contributed by atoms with Crippen LogP contribution in [0.4, 0.5) is 5.69 Å². The van der Waals surface area contributed by atoms with E-state index in [0.717, 1.165) is 18.4 Å². The molecule has 2 aromatic carbocycles. The van der Waals surface area contributed by atoms with Crippen molar-refractivity contribution < 1.29 is 17.9 Å². The zero-order valence-electron chi connectivity index (χ0n) is 14.9. The van der Waals surface area contributed by atoms with E-state index in [2.05, 4.69) is 10.0 Å². The molecule has 1 heterocycles. The molecular weight excluding hydrogens is 388 g/mol. The van der Waals surface area contributed by atoms with Crippen LogP contribution in [0.2, 0.25) is 5.02 Å². The molecule has 1 atom stereocenters. The van der Waals surface area contributed by atoms with Crippen molar-refractivity contribution >= 4 is 33.2 Å². The van der Waals surface area contributed by atoms with Gasteiger partial charge in [-0.3, -0.25) is 4.79 Å². The van der Waals surface area contributed by atoms with Gasteiger partial charge in [0.1, 0.15) is 4.90 Å². The smallest absolute Gasteiger partial charge is 0.255 e. The SMILES string of the molecule is Cc1ccccc1NC(=O)c1ccc(Cl)c(S(=O)(=O)NC[C@H]2CCCO2)c1. The van der Waals surface area contributed by atoms with E-state index < -0.39 is 15.9 Å². The second-order valence-electron chi connectivity index (χ2n) is 6.40. The zero-order chi connectivity index (χ0) is 19.4. The third-order valence-corrected chi connectivity index (χ3v) is 6.31. The summed E-state index contributed by atoms with van der Waals surface area (Å²) in [5.74, 6) is -0.406. The minimum absolute atomic E-state index is 0.0577. The number of rotatable bonds is 6. The normalized spacial score (nSPS) is 17.0. The summed E-state index contributed by atoms with van der Waals surface area (Å²) in [6, 6.07) is 11.5. The minimum atomic E-state index is -3.86. The number of carbonyl (C=O) groups is 1. The highest BCUT2D eigenvalue weighted by Crippen LogP contribution is 2.24. The maximum Gasteiger partial charge on any atom is 0.255 e. The quantitative estimate of drug-likeness (QED) is 0.767. The molecule has 144 valence electrons. The average molecular weight is 409 g/mol. The van der Waals surface area contributed by atoms with Gasteiger partial charge in [-0.15, -0.1) is 0 Å². The highest BCUT2D eigenvalue weighted by Gasteiger charge is 2.23. The first-order valence-corrected chi connectivity index (χ1v) is 10.5. The van der Waals surface area contributed by atoms with Crippen molar-refractivity contribution in [3.05, 3.63) is 58.6 Å². The first-order chi connectivity index (χ1) is 12.9. The summed E-state index contributed by atoms with van der Waals surface area (Å²) < 4.78 is 33.2. The molecule has 0 aliphatic carbocycles. The second-order valence-corrected chi connectivity index (χ2v) is 8.54. The van der Waals surface area contributed by atoms with Crippen molar-refractivity contribution in [3.63, 3.8) is 0 Å². The molecule has 1 saturated heterocycles. The van der Waals surface area contributed by atoms with E-state index in [1.165, 1.54) is 18.2 Å². The zero-order valence-corrected chi connectivity index (χ0v) is 16.4. The van der Waals surface area contributed by atoms with Crippen molar-refractivity contribution in [3.8, 4) is 0 Å². The first kappa shape index (κ1) is 19.8. The lowest BCUT2D eigenvalue weighted by atomic mass is 10.1. The fourth-order valence-electron chi connectivity index (χ4n) is 2.84. The van der Waals surface area contributed by atoms with Crippen molar-refractivity contribution in [2.45, 2.75) is 30.8 Å². The average Bonchev–Trinajstić information content (AvgIpc) is 3.16. The number of sulfonamides is 1. The van der Waals surface area contributed by atoms with Gasteiger partial charge in [-0.25, -0.2) is 13.1 Å². The molecule has 1 fully saturated rings. The van der Waals surface area contributed by atoms with Crippen LogP contribution in [0, 0.1) is 6.92 Å². The van der Waals surface area contributed by atoms with E-state index in [1.54, 1.807) is 6.07 Å². The van der Waals surface area contributed by atoms with E-state index in [1.807, 2.05) is 25.1 Å². The van der Waals surface area contributed by atoms with Gasteiger partial charge in [0.25, 0.3) is 5.91 Å². The number of para-hydroxylation sites is 1. The number of ether oxygens (including phenoxy) is 1. The Morgan fingerprint density at radius 3 is 2.74 bits per heavy atom. The third-order valence-electron chi connectivity index (χ3n) is 4.40. The second kappa shape index (κ2) is 8.39. The monoisotopic (exact) mass is 408 g/mol. The van der Waals surface area contributed by atoms with Gasteiger partial charge in [-0.1, -0.05) is 29.8 Å². The van der Waals surface area contributed by atoms with Gasteiger partial charge in [0.2, 0.25) is 10.0 Å². The molecule has 6 nitrogen and oxygen atoms in total. The fraction of sp³-hybridized carbons (Fsp3) is 0.316. The van der Waals surface area contributed by atoms with E-state index >= 15 is 0 Å². The van der Waals surface area contributed by atoms with E-state index in [4.69, 9.17) is 16.3 Å². The number of hydrogen-bond acceptors (Lipinski definition) is 4. The molecule has 2 aromatic rings. The molecule has 1 aliphatic heterocycles. The number of halogens is 1. The minimum Gasteiger partial charge on any atom is -0.377 e. The van der Waals surface area contributed by atoms with Crippen molar-refractivity contribution in [1.82, 2.24) is 4.72 Å². The fourth-order valence-corrected chi connectivity index (χ4v) is 4.43. The molecular formula is C19H21ClN2O4S. The molecule has 0 saturated carbocycles. The number of hydrogen-bond donors (Lipinski definition) is 2. The maximum atomic E-state index is 12.6. The number of amides is 1. The Morgan fingerprint density at radius 1 is 1.26 bits per heavy atom. The number of carbonyl (C=O) groups excluding carboxylic acids is 1. The van der Waals surface area contributed by atoms with E-state index in [-0.39, 0.29) is 28.1 Å². The maximum absolute atomic E-state index is 12.6. The van der Waals surface area contributed by atoms with Gasteiger partial charge in [0.05, 0.1) is 11.1 Å². The van der Waals surface area contributed by atoms with Crippen molar-refractivity contribution in [2.24, 2.45) is 0 Å². The van der Waals surface area contributed by atoms with Crippen LogP contribution in [0.15, 0.2) is 47.4 Å². The van der Waals surface area contributed by atoms with E-state index in [0.29, 0.717) is 12.3 Å². The predicted molar refractivity (Wildman–Crippen MR) is 105 cm³/mol. The lowest BCUT2D eigenvalue weighted by Crippen LogP contribution is -2.32. The van der Waals surface area contributed by atoms with Crippen LogP contribution >= 0.6 is 11.6 Å². The number of anilines is 1. The van der Waals surface area contributed by atoms with Gasteiger partial charge in [-0.2, -0.15) is 0 Å². The van der Waals surface area contributed by atoms with Crippen LogP contribution in [0.25, 0.3) is 0 Å². The van der Waals surface area contributed by atoms with Crippen LogP contribution in [-0.4, -0.2) is 33.6 Å². The molecule has 0 unspecified atom stereocenters. The summed E-state index contributed by atoms with van der Waals surface area (Å²) in [7, 11) is -3.86. The van der Waals surface area contributed by atoms with Gasteiger partial charge in [-0.05, 0) is 49.6 Å². The summed E-state index contributed by atoms with van der Waals surface area (Å²) in [4.78, 5) is 12.4. The van der Waals surface area contributed by atoms with Crippen LogP contribution in [0.3, 0.4) is 0 Å². The van der Waals surface area contributed by atoms with Gasteiger partial charge in [0, 0.05) is 24.4 Å². The van der Waals surface area contributed by atoms with Crippen LogP contribution in [0.5, 0.6) is 0 Å². The molecule has 0 bridgehead atoms. The lowest BCUT2D eigenvalue weighted by molar-refractivity contribution is 0.102. The van der Waals surface area contributed by atoms with Crippen LogP contribution in [-0.2, 0) is 14.8 Å². The molecule has 0 spiro atoms. The van der Waals surface area contributed by atoms with E-state index in [9.17, 15) is 13.2 Å². The Bertz CT molecular complexity index is 940. The standard InChI is InChI=1S/C19H21ClN2O4S/c1-13-5-2-3-7-17(13)22-19(23)14-8-9-16(20)18(11-14)27(24,25)21-12-15-6-4-10-26-15/h2-3,5,7-9,11,15,21H,4,6,10,12H2,1H3,(H,22,23)/t15-/m1/s1. The lowest BCUT2D eigenvalue weighted by Gasteiger charge is -2.13. The molecule has 1 amide bonds. The number of benzene rings is 2. The summed E-state index contributed by atoms with van der Waals surface area (Å²) in [6.45, 7) is 2.70. The van der Waals surface area contributed by atoms with Gasteiger partial charge >= 0.3 is 0 Å². The Kier molecular flexibility index (Phi) is 6.16. The molecule has 1 aliphatic rings. The predicted octanol–water partition coefficient (Wildman–Crippen LogP) is 3.36. The summed E-state index contributed by atoms with van der Waals surface area (Å²) >= 11 is 6.08. The Morgan fingerprint density at radius 2 is 2.04 bits per heavy atom. The highest BCUT2D eigenvalue weighted by molar-refractivity contribution is 7.89. The number of aryl methyl sites for hydroxylation is 1. The third kappa shape index (κ3) is 4.87. The summed E-state index contributed by atoms with van der Waals surface area (Å²) in [5.41, 5.74) is 1.78. The van der Waals surface area contributed by atoms with Gasteiger partial charge < -0.3 is 10.1 Å². The first-order valence-electron chi connectivity index (χ1n) is 8.64. The van der Waals surface area contributed by atoms with Gasteiger partial charge in [0.15, 0.2) is 0 Å². The molecule has 0 aromatic heterocycles. The molecule has 8 heteroatoms.